The maximum Gasteiger partial charge on any atom is 0.415 e. The molecule has 2 heterocycles. The van der Waals surface area contributed by atoms with E-state index in [1.54, 1.807) is 30.9 Å². The number of hydroxylamine groups is 1. The van der Waals surface area contributed by atoms with Crippen LogP contribution in [0.25, 0.3) is 11.4 Å². The van der Waals surface area contributed by atoms with E-state index in [1.165, 1.54) is 37.0 Å². The minimum atomic E-state index is -0.481. The van der Waals surface area contributed by atoms with Gasteiger partial charge in [-0.1, -0.05) is 63.9 Å². The van der Waals surface area contributed by atoms with Crippen molar-refractivity contribution >= 4 is 17.8 Å². The molecular weight excluding hydrogens is 450 g/mol. The van der Waals surface area contributed by atoms with E-state index in [9.17, 15) is 9.59 Å². The van der Waals surface area contributed by atoms with Gasteiger partial charge in [-0.15, -0.1) is 0 Å². The van der Waals surface area contributed by atoms with Gasteiger partial charge in [0.1, 0.15) is 5.82 Å². The lowest BCUT2D eigenvalue weighted by Crippen LogP contribution is -2.28. The van der Waals surface area contributed by atoms with E-state index in [1.807, 2.05) is 13.8 Å². The zero-order valence-electron chi connectivity index (χ0n) is 20.9. The van der Waals surface area contributed by atoms with Crippen LogP contribution in [-0.2, 0) is 9.53 Å². The summed E-state index contributed by atoms with van der Waals surface area (Å²) in [4.78, 5) is 34.2. The summed E-state index contributed by atoms with van der Waals surface area (Å²) in [7, 11) is 1.60. The van der Waals surface area contributed by atoms with E-state index in [0.717, 1.165) is 25.2 Å². The lowest BCUT2D eigenvalue weighted by molar-refractivity contribution is -0.129. The SMILES string of the molecule is CC(C)COC(=O)N(C)c1ccc(-c2noc([C@H](CCCC3CCCCC3)CC(=O)NO)n2)cn1. The molecule has 10 heteroatoms. The number of ether oxygens (including phenoxy) is 1. The van der Waals surface area contributed by atoms with Crippen molar-refractivity contribution in [3.05, 3.63) is 24.2 Å². The van der Waals surface area contributed by atoms with E-state index in [0.29, 0.717) is 29.7 Å². The number of pyridine rings is 1. The highest BCUT2D eigenvalue weighted by atomic mass is 16.6. The molecule has 2 amide bonds. The zero-order chi connectivity index (χ0) is 25.2. The van der Waals surface area contributed by atoms with Crippen LogP contribution in [-0.4, -0.2) is 46.0 Å². The number of amides is 2. The van der Waals surface area contributed by atoms with E-state index in [2.05, 4.69) is 15.1 Å². The number of carbonyl (C=O) groups is 2. The average molecular weight is 488 g/mol. The average Bonchev–Trinajstić information content (AvgIpc) is 3.37. The molecule has 1 aliphatic rings. The molecular formula is C25H37N5O5. The monoisotopic (exact) mass is 487 g/mol. The first-order valence-electron chi connectivity index (χ1n) is 12.5. The Balaban J connectivity index is 1.63. The van der Waals surface area contributed by atoms with Gasteiger partial charge in [0.15, 0.2) is 0 Å². The van der Waals surface area contributed by atoms with Gasteiger partial charge in [-0.2, -0.15) is 4.98 Å². The Morgan fingerprint density at radius 1 is 1.26 bits per heavy atom. The molecule has 0 bridgehead atoms. The standard InChI is InChI=1S/C25H37N5O5/c1-17(2)16-34-25(32)30(3)21-13-12-20(15-26-21)23-27-24(35-29-23)19(14-22(31)28-33)11-7-10-18-8-5-4-6-9-18/h12-13,15,17-19,33H,4-11,14,16H2,1-3H3,(H,28,31)/t19-/m1/s1. The molecule has 0 saturated heterocycles. The summed E-state index contributed by atoms with van der Waals surface area (Å²) in [5.74, 6) is 1.39. The van der Waals surface area contributed by atoms with Crippen molar-refractivity contribution in [3.63, 3.8) is 0 Å². The van der Waals surface area contributed by atoms with Crippen molar-refractivity contribution in [3.8, 4) is 11.4 Å². The van der Waals surface area contributed by atoms with Gasteiger partial charge in [-0.05, 0) is 30.4 Å². The highest BCUT2D eigenvalue weighted by Crippen LogP contribution is 2.31. The molecule has 0 aliphatic heterocycles. The summed E-state index contributed by atoms with van der Waals surface area (Å²) in [5, 5.41) is 13.1. The van der Waals surface area contributed by atoms with Crippen LogP contribution < -0.4 is 10.4 Å². The number of nitrogens with one attached hydrogen (secondary N) is 1. The smallest absolute Gasteiger partial charge is 0.415 e. The van der Waals surface area contributed by atoms with E-state index in [-0.39, 0.29) is 18.3 Å². The molecule has 1 fully saturated rings. The number of aromatic nitrogens is 3. The fourth-order valence-corrected chi connectivity index (χ4v) is 4.37. The lowest BCUT2D eigenvalue weighted by atomic mass is 9.84. The Bertz CT molecular complexity index is 940. The molecule has 0 radical (unpaired) electrons. The highest BCUT2D eigenvalue weighted by molar-refractivity contribution is 5.85. The fraction of sp³-hybridized carbons (Fsp3) is 0.640. The third-order valence-electron chi connectivity index (χ3n) is 6.40. The zero-order valence-corrected chi connectivity index (χ0v) is 20.9. The van der Waals surface area contributed by atoms with Gasteiger partial charge in [-0.3, -0.25) is 14.9 Å². The summed E-state index contributed by atoms with van der Waals surface area (Å²) in [6.45, 7) is 4.27. The molecule has 10 nitrogen and oxygen atoms in total. The molecule has 0 unspecified atom stereocenters. The molecule has 1 aliphatic carbocycles. The summed E-state index contributed by atoms with van der Waals surface area (Å²) in [6.07, 6.45) is 10.5. The number of carbonyl (C=O) groups excluding carboxylic acids is 2. The van der Waals surface area contributed by atoms with Gasteiger partial charge < -0.3 is 9.26 Å². The maximum absolute atomic E-state index is 12.2. The van der Waals surface area contributed by atoms with E-state index < -0.39 is 12.0 Å². The van der Waals surface area contributed by atoms with Crippen LogP contribution in [0, 0.1) is 11.8 Å². The second-order valence-corrected chi connectivity index (χ2v) is 9.76. The number of nitrogens with zero attached hydrogens (tertiary/aromatic N) is 4. The quantitative estimate of drug-likeness (QED) is 0.331. The predicted molar refractivity (Wildman–Crippen MR) is 130 cm³/mol. The fourth-order valence-electron chi connectivity index (χ4n) is 4.37. The molecule has 0 spiro atoms. The van der Waals surface area contributed by atoms with Crippen molar-refractivity contribution in [2.75, 3.05) is 18.6 Å². The second-order valence-electron chi connectivity index (χ2n) is 9.76. The van der Waals surface area contributed by atoms with Crippen LogP contribution in [0.4, 0.5) is 10.6 Å². The third kappa shape index (κ3) is 8.02. The van der Waals surface area contributed by atoms with Crippen molar-refractivity contribution in [2.45, 2.75) is 77.6 Å². The van der Waals surface area contributed by atoms with Gasteiger partial charge in [0.05, 0.1) is 6.61 Å². The Labute approximate surface area is 206 Å². The van der Waals surface area contributed by atoms with Gasteiger partial charge in [0.2, 0.25) is 17.6 Å². The summed E-state index contributed by atoms with van der Waals surface area (Å²) in [5.41, 5.74) is 2.33. The minimum absolute atomic E-state index is 0.0727. The molecule has 192 valence electrons. The van der Waals surface area contributed by atoms with Gasteiger partial charge in [-0.25, -0.2) is 15.3 Å². The van der Waals surface area contributed by atoms with Crippen LogP contribution >= 0.6 is 0 Å². The van der Waals surface area contributed by atoms with Gasteiger partial charge >= 0.3 is 6.09 Å². The minimum Gasteiger partial charge on any atom is -0.449 e. The molecule has 35 heavy (non-hydrogen) atoms. The Hall–Kier alpha value is -3.01. The van der Waals surface area contributed by atoms with Crippen LogP contribution in [0.3, 0.4) is 0 Å². The second kappa shape index (κ2) is 13.2. The number of hydrogen-bond acceptors (Lipinski definition) is 8. The van der Waals surface area contributed by atoms with Gasteiger partial charge in [0.25, 0.3) is 0 Å². The van der Waals surface area contributed by atoms with Crippen molar-refractivity contribution in [1.29, 1.82) is 0 Å². The van der Waals surface area contributed by atoms with Crippen molar-refractivity contribution < 1.29 is 24.1 Å². The van der Waals surface area contributed by atoms with Crippen molar-refractivity contribution in [1.82, 2.24) is 20.6 Å². The maximum atomic E-state index is 12.2. The van der Waals surface area contributed by atoms with Crippen LogP contribution in [0.5, 0.6) is 0 Å². The van der Waals surface area contributed by atoms with Gasteiger partial charge in [0, 0.05) is 31.1 Å². The highest BCUT2D eigenvalue weighted by Gasteiger charge is 2.24. The number of hydrogen-bond donors (Lipinski definition) is 2. The van der Waals surface area contributed by atoms with Crippen molar-refractivity contribution in [2.24, 2.45) is 11.8 Å². The largest absolute Gasteiger partial charge is 0.449 e. The normalized spacial score (nSPS) is 15.1. The molecule has 2 aromatic heterocycles. The summed E-state index contributed by atoms with van der Waals surface area (Å²) < 4.78 is 10.7. The topological polar surface area (TPSA) is 131 Å². The first-order chi connectivity index (χ1) is 16.9. The Morgan fingerprint density at radius 2 is 2.03 bits per heavy atom. The van der Waals surface area contributed by atoms with Crippen LogP contribution in [0.15, 0.2) is 22.9 Å². The third-order valence-corrected chi connectivity index (χ3v) is 6.40. The van der Waals surface area contributed by atoms with Crippen LogP contribution in [0.1, 0.15) is 83.4 Å². The summed E-state index contributed by atoms with van der Waals surface area (Å²) >= 11 is 0. The van der Waals surface area contributed by atoms with E-state index >= 15 is 0 Å². The lowest BCUT2D eigenvalue weighted by Gasteiger charge is -2.22. The first-order valence-corrected chi connectivity index (χ1v) is 12.5. The Morgan fingerprint density at radius 3 is 2.69 bits per heavy atom. The summed E-state index contributed by atoms with van der Waals surface area (Å²) in [6, 6.07) is 3.44. The molecule has 2 aromatic rings. The molecule has 1 saturated carbocycles. The number of rotatable bonds is 11. The molecule has 2 N–H and O–H groups in total. The van der Waals surface area contributed by atoms with Crippen LogP contribution in [0.2, 0.25) is 0 Å². The number of anilines is 1. The predicted octanol–water partition coefficient (Wildman–Crippen LogP) is 5.09. The molecule has 0 aromatic carbocycles. The van der Waals surface area contributed by atoms with E-state index in [4.69, 9.17) is 14.5 Å². The first kappa shape index (κ1) is 26.6. The molecule has 1 atom stereocenters. The molecule has 3 rings (SSSR count). The Kier molecular flexibility index (Phi) is 10.0.